The smallest absolute Gasteiger partial charge is 0.137 e. The zero-order valence-corrected chi connectivity index (χ0v) is 10.8. The highest BCUT2D eigenvalue weighted by Gasteiger charge is 2.05. The molecule has 0 saturated carbocycles. The molecular formula is C12H15BrFNO. The molecule has 0 aromatic heterocycles. The standard InChI is InChI=1S/C12H15BrFNO/c1-3-6-15-8-9(2)16-10-4-5-12(14)11(13)7-10/h3-5,7,9,15H,1,6,8H2,2H3. The zero-order valence-electron chi connectivity index (χ0n) is 9.17. The molecule has 1 rings (SSSR count). The molecule has 4 heteroatoms. The molecule has 0 aliphatic rings. The predicted molar refractivity (Wildman–Crippen MR) is 67.3 cm³/mol. The first kappa shape index (κ1) is 13.2. The van der Waals surface area contributed by atoms with Crippen LogP contribution in [0.5, 0.6) is 5.75 Å². The minimum Gasteiger partial charge on any atom is -0.489 e. The first-order chi connectivity index (χ1) is 7.63. The third-order valence-corrected chi connectivity index (χ3v) is 2.56. The molecule has 0 bridgehead atoms. The van der Waals surface area contributed by atoms with Gasteiger partial charge < -0.3 is 10.1 Å². The molecule has 2 nitrogen and oxygen atoms in total. The SMILES string of the molecule is C=CCNCC(C)Oc1ccc(F)c(Br)c1. The average molecular weight is 288 g/mol. The first-order valence-corrected chi connectivity index (χ1v) is 5.86. The maximum absolute atomic E-state index is 13.0. The van der Waals surface area contributed by atoms with Crippen molar-refractivity contribution in [2.75, 3.05) is 13.1 Å². The van der Waals surface area contributed by atoms with Gasteiger partial charge in [0.05, 0.1) is 4.47 Å². The summed E-state index contributed by atoms with van der Waals surface area (Å²) in [6, 6.07) is 4.62. The highest BCUT2D eigenvalue weighted by atomic mass is 79.9. The van der Waals surface area contributed by atoms with Gasteiger partial charge in [-0.25, -0.2) is 4.39 Å². The molecule has 0 fully saturated rings. The van der Waals surface area contributed by atoms with Gasteiger partial charge in [0, 0.05) is 13.1 Å². The highest BCUT2D eigenvalue weighted by Crippen LogP contribution is 2.22. The van der Waals surface area contributed by atoms with Gasteiger partial charge in [0.25, 0.3) is 0 Å². The van der Waals surface area contributed by atoms with Gasteiger partial charge in [-0.05, 0) is 41.1 Å². The molecule has 0 aliphatic carbocycles. The molecule has 16 heavy (non-hydrogen) atoms. The maximum Gasteiger partial charge on any atom is 0.137 e. The Kier molecular flexibility index (Phi) is 5.49. The number of halogens is 2. The Morgan fingerprint density at radius 1 is 1.62 bits per heavy atom. The van der Waals surface area contributed by atoms with Crippen molar-refractivity contribution in [3.8, 4) is 5.75 Å². The molecule has 0 aliphatic heterocycles. The van der Waals surface area contributed by atoms with E-state index in [4.69, 9.17) is 4.74 Å². The molecule has 0 saturated heterocycles. The summed E-state index contributed by atoms with van der Waals surface area (Å²) in [6.07, 6.45) is 1.82. The van der Waals surface area contributed by atoms with Crippen LogP contribution in [0.25, 0.3) is 0 Å². The lowest BCUT2D eigenvalue weighted by atomic mass is 10.3. The van der Waals surface area contributed by atoms with Gasteiger partial charge in [0.2, 0.25) is 0 Å². The summed E-state index contributed by atoms with van der Waals surface area (Å²) in [7, 11) is 0. The highest BCUT2D eigenvalue weighted by molar-refractivity contribution is 9.10. The van der Waals surface area contributed by atoms with Crippen LogP contribution in [0.3, 0.4) is 0 Å². The summed E-state index contributed by atoms with van der Waals surface area (Å²) < 4.78 is 19.0. The van der Waals surface area contributed by atoms with Crippen LogP contribution < -0.4 is 10.1 Å². The molecule has 1 atom stereocenters. The van der Waals surface area contributed by atoms with Crippen molar-refractivity contribution in [2.45, 2.75) is 13.0 Å². The second-order valence-electron chi connectivity index (χ2n) is 3.45. The van der Waals surface area contributed by atoms with Crippen LogP contribution in [0.2, 0.25) is 0 Å². The van der Waals surface area contributed by atoms with E-state index in [-0.39, 0.29) is 11.9 Å². The Morgan fingerprint density at radius 3 is 3.00 bits per heavy atom. The van der Waals surface area contributed by atoms with Crippen molar-refractivity contribution in [3.05, 3.63) is 41.1 Å². The Labute approximate surface area is 104 Å². The number of benzene rings is 1. The van der Waals surface area contributed by atoms with Crippen LogP contribution in [0.15, 0.2) is 35.3 Å². The second kappa shape index (κ2) is 6.66. The lowest BCUT2D eigenvalue weighted by Crippen LogP contribution is -2.28. The van der Waals surface area contributed by atoms with Gasteiger partial charge in [-0.2, -0.15) is 0 Å². The summed E-state index contributed by atoms with van der Waals surface area (Å²) in [6.45, 7) is 7.04. The van der Waals surface area contributed by atoms with E-state index in [1.165, 1.54) is 6.07 Å². The maximum atomic E-state index is 13.0. The monoisotopic (exact) mass is 287 g/mol. The van der Waals surface area contributed by atoms with E-state index in [0.29, 0.717) is 10.2 Å². The molecule has 0 heterocycles. The van der Waals surface area contributed by atoms with Crippen molar-refractivity contribution >= 4 is 15.9 Å². The number of hydrogen-bond acceptors (Lipinski definition) is 2. The molecule has 0 radical (unpaired) electrons. The fourth-order valence-corrected chi connectivity index (χ4v) is 1.57. The Balaban J connectivity index is 2.46. The second-order valence-corrected chi connectivity index (χ2v) is 4.31. The van der Waals surface area contributed by atoms with Crippen molar-refractivity contribution in [1.82, 2.24) is 5.32 Å². The Hall–Kier alpha value is -0.870. The summed E-state index contributed by atoms with van der Waals surface area (Å²) in [5.41, 5.74) is 0. The van der Waals surface area contributed by atoms with Gasteiger partial charge in [0.15, 0.2) is 0 Å². The molecule has 1 N–H and O–H groups in total. The minimum absolute atomic E-state index is 0.0253. The van der Waals surface area contributed by atoms with E-state index in [1.54, 1.807) is 18.2 Å². The lowest BCUT2D eigenvalue weighted by molar-refractivity contribution is 0.218. The third-order valence-electron chi connectivity index (χ3n) is 1.95. The van der Waals surface area contributed by atoms with E-state index >= 15 is 0 Å². The summed E-state index contributed by atoms with van der Waals surface area (Å²) in [5, 5.41) is 3.15. The minimum atomic E-state index is -0.287. The number of ether oxygens (including phenoxy) is 1. The predicted octanol–water partition coefficient (Wildman–Crippen LogP) is 3.13. The fourth-order valence-electron chi connectivity index (χ4n) is 1.21. The molecule has 1 aromatic carbocycles. The molecule has 1 unspecified atom stereocenters. The third kappa shape index (κ3) is 4.33. The Bertz CT molecular complexity index is 357. The number of hydrogen-bond donors (Lipinski definition) is 1. The van der Waals surface area contributed by atoms with Crippen molar-refractivity contribution < 1.29 is 9.13 Å². The quantitative estimate of drug-likeness (QED) is 0.641. The van der Waals surface area contributed by atoms with Crippen molar-refractivity contribution in [3.63, 3.8) is 0 Å². The van der Waals surface area contributed by atoms with Crippen LogP contribution in [0.1, 0.15) is 6.92 Å². The Morgan fingerprint density at radius 2 is 2.38 bits per heavy atom. The number of rotatable bonds is 6. The summed E-state index contributed by atoms with van der Waals surface area (Å²) >= 11 is 3.12. The first-order valence-electron chi connectivity index (χ1n) is 5.07. The fraction of sp³-hybridized carbons (Fsp3) is 0.333. The number of nitrogens with one attached hydrogen (secondary N) is 1. The van der Waals surface area contributed by atoms with Gasteiger partial charge in [-0.3, -0.25) is 0 Å². The van der Waals surface area contributed by atoms with Crippen LogP contribution in [-0.2, 0) is 0 Å². The average Bonchev–Trinajstić information content (AvgIpc) is 2.24. The van der Waals surface area contributed by atoms with E-state index in [2.05, 4.69) is 27.8 Å². The molecule has 1 aromatic rings. The topological polar surface area (TPSA) is 21.3 Å². The van der Waals surface area contributed by atoms with Crippen LogP contribution in [0.4, 0.5) is 4.39 Å². The zero-order chi connectivity index (χ0) is 12.0. The van der Waals surface area contributed by atoms with Gasteiger partial charge >= 0.3 is 0 Å². The normalized spacial score (nSPS) is 12.2. The van der Waals surface area contributed by atoms with E-state index < -0.39 is 0 Å². The summed E-state index contributed by atoms with van der Waals surface area (Å²) in [5.74, 6) is 0.367. The molecule has 88 valence electrons. The van der Waals surface area contributed by atoms with Crippen LogP contribution in [0, 0.1) is 5.82 Å². The van der Waals surface area contributed by atoms with Gasteiger partial charge in [0.1, 0.15) is 17.7 Å². The summed E-state index contributed by atoms with van der Waals surface area (Å²) in [4.78, 5) is 0. The van der Waals surface area contributed by atoms with E-state index in [9.17, 15) is 4.39 Å². The van der Waals surface area contributed by atoms with Gasteiger partial charge in [-0.15, -0.1) is 6.58 Å². The van der Waals surface area contributed by atoms with E-state index in [0.717, 1.165) is 13.1 Å². The molecule has 0 spiro atoms. The van der Waals surface area contributed by atoms with Crippen LogP contribution >= 0.6 is 15.9 Å². The van der Waals surface area contributed by atoms with Crippen molar-refractivity contribution in [1.29, 1.82) is 0 Å². The molecular weight excluding hydrogens is 273 g/mol. The molecule has 0 amide bonds. The largest absolute Gasteiger partial charge is 0.489 e. The van der Waals surface area contributed by atoms with Crippen molar-refractivity contribution in [2.24, 2.45) is 0 Å². The lowest BCUT2D eigenvalue weighted by Gasteiger charge is -2.15. The van der Waals surface area contributed by atoms with Gasteiger partial charge in [-0.1, -0.05) is 6.08 Å². The van der Waals surface area contributed by atoms with Crippen LogP contribution in [-0.4, -0.2) is 19.2 Å². The van der Waals surface area contributed by atoms with E-state index in [1.807, 2.05) is 6.92 Å².